The van der Waals surface area contributed by atoms with E-state index in [2.05, 4.69) is 6.92 Å². The van der Waals surface area contributed by atoms with Gasteiger partial charge in [-0.1, -0.05) is 24.6 Å². The smallest absolute Gasteiger partial charge is 0.343 e. The van der Waals surface area contributed by atoms with Gasteiger partial charge in [-0.25, -0.2) is 9.18 Å². The first kappa shape index (κ1) is 17.7. The molecule has 0 heterocycles. The van der Waals surface area contributed by atoms with Crippen molar-refractivity contribution in [2.45, 2.75) is 44.6 Å². The van der Waals surface area contributed by atoms with Gasteiger partial charge in [-0.3, -0.25) is 0 Å². The minimum atomic E-state index is -0.509. The second-order valence-corrected chi connectivity index (χ2v) is 8.83. The van der Waals surface area contributed by atoms with Crippen LogP contribution >= 0.6 is 0 Å². The Morgan fingerprint density at radius 2 is 1.89 bits per heavy atom. The van der Waals surface area contributed by atoms with E-state index >= 15 is 0 Å². The summed E-state index contributed by atoms with van der Waals surface area (Å²) < 4.78 is 26.2. The number of rotatable bonds is 4. The number of halogens is 1. The van der Waals surface area contributed by atoms with Gasteiger partial charge in [-0.05, 0) is 80.7 Å². The van der Waals surface area contributed by atoms with Gasteiger partial charge in [0.1, 0.15) is 11.4 Å². The zero-order valence-electron chi connectivity index (χ0n) is 16.1. The summed E-state index contributed by atoms with van der Waals surface area (Å²) in [6.07, 6.45) is 6.11. The number of para-hydroxylation sites is 1. The van der Waals surface area contributed by atoms with Crippen molar-refractivity contribution in [2.75, 3.05) is 0 Å². The Balaban J connectivity index is 1.36. The molecular weight excluding hydrogens is 355 g/mol. The summed E-state index contributed by atoms with van der Waals surface area (Å²) in [6.45, 7) is 2.13. The summed E-state index contributed by atoms with van der Waals surface area (Å²) in [5.74, 6) is 2.45. The molecule has 0 radical (unpaired) electrons. The fourth-order valence-electron chi connectivity index (χ4n) is 6.12. The lowest BCUT2D eigenvalue weighted by atomic mass is 9.73. The van der Waals surface area contributed by atoms with Gasteiger partial charge >= 0.3 is 5.97 Å². The summed E-state index contributed by atoms with van der Waals surface area (Å²) in [6, 6.07) is 13.1. The zero-order valence-corrected chi connectivity index (χ0v) is 16.1. The molecule has 5 rings (SSSR count). The maximum absolute atomic E-state index is 14.5. The first-order valence-electron chi connectivity index (χ1n) is 10.3. The third kappa shape index (κ3) is 2.90. The average molecular weight is 380 g/mol. The number of fused-ring (bicyclic) bond motifs is 5. The van der Waals surface area contributed by atoms with E-state index in [-0.39, 0.29) is 11.4 Å². The molecule has 0 aromatic heterocycles. The minimum absolute atomic E-state index is 0.159. The van der Waals surface area contributed by atoms with Gasteiger partial charge in [0.05, 0.1) is 5.56 Å². The van der Waals surface area contributed by atoms with Crippen LogP contribution in [0.3, 0.4) is 0 Å². The zero-order chi connectivity index (χ0) is 19.3. The highest BCUT2D eigenvalue weighted by molar-refractivity contribution is 5.91. The van der Waals surface area contributed by atoms with E-state index < -0.39 is 11.8 Å². The molecule has 3 aliphatic carbocycles. The molecule has 4 heteroatoms. The Morgan fingerprint density at radius 3 is 2.71 bits per heavy atom. The third-order valence-electron chi connectivity index (χ3n) is 7.22. The van der Waals surface area contributed by atoms with Gasteiger partial charge in [0, 0.05) is 5.92 Å². The summed E-state index contributed by atoms with van der Waals surface area (Å²) >= 11 is 0. The molecule has 0 N–H and O–H groups in total. The summed E-state index contributed by atoms with van der Waals surface area (Å²) in [7, 11) is 0. The van der Waals surface area contributed by atoms with E-state index in [0.29, 0.717) is 23.1 Å². The normalized spacial score (nSPS) is 32.9. The molecule has 3 saturated carbocycles. The number of carbonyl (C=O) groups excluding carboxylic acids is 1. The molecule has 2 aromatic carbocycles. The minimum Gasteiger partial charge on any atom is -0.484 e. The lowest BCUT2D eigenvalue weighted by molar-refractivity contribution is -0.00971. The molecule has 5 unspecified atom stereocenters. The van der Waals surface area contributed by atoms with Crippen molar-refractivity contribution in [1.82, 2.24) is 0 Å². The second kappa shape index (κ2) is 6.61. The SMILES string of the molecule is CC1(Oc2cc(C(=O)Oc3ccccc3)ccc2F)CC2CC1C1CCCC21. The van der Waals surface area contributed by atoms with Crippen LogP contribution in [0.25, 0.3) is 0 Å². The van der Waals surface area contributed by atoms with E-state index in [1.54, 1.807) is 24.3 Å². The highest BCUT2D eigenvalue weighted by Gasteiger charge is 2.60. The van der Waals surface area contributed by atoms with E-state index in [1.807, 2.05) is 6.07 Å². The van der Waals surface area contributed by atoms with Crippen LogP contribution in [0.1, 0.15) is 49.4 Å². The fraction of sp³-hybridized carbons (Fsp3) is 0.458. The number of hydrogen-bond acceptors (Lipinski definition) is 3. The van der Waals surface area contributed by atoms with Gasteiger partial charge in [-0.15, -0.1) is 0 Å². The predicted molar refractivity (Wildman–Crippen MR) is 104 cm³/mol. The topological polar surface area (TPSA) is 35.5 Å². The summed E-state index contributed by atoms with van der Waals surface area (Å²) in [5, 5.41) is 0. The number of benzene rings is 2. The molecule has 2 aromatic rings. The summed E-state index contributed by atoms with van der Waals surface area (Å²) in [5.41, 5.74) is -0.0512. The molecule has 3 nitrogen and oxygen atoms in total. The quantitative estimate of drug-likeness (QED) is 0.509. The van der Waals surface area contributed by atoms with Crippen LogP contribution in [0.4, 0.5) is 4.39 Å². The van der Waals surface area contributed by atoms with Gasteiger partial charge in [0.25, 0.3) is 0 Å². The molecule has 0 amide bonds. The Kier molecular flexibility index (Phi) is 4.18. The Labute approximate surface area is 164 Å². The largest absolute Gasteiger partial charge is 0.484 e. The molecular formula is C24H25FO3. The maximum atomic E-state index is 14.5. The van der Waals surface area contributed by atoms with Crippen LogP contribution < -0.4 is 9.47 Å². The maximum Gasteiger partial charge on any atom is 0.343 e. The molecule has 3 aliphatic rings. The molecule has 0 aliphatic heterocycles. The highest BCUT2D eigenvalue weighted by Crippen LogP contribution is 2.63. The van der Waals surface area contributed by atoms with E-state index in [0.717, 1.165) is 18.3 Å². The van der Waals surface area contributed by atoms with Gasteiger partial charge in [0.2, 0.25) is 0 Å². The van der Waals surface area contributed by atoms with Crippen molar-refractivity contribution in [3.8, 4) is 11.5 Å². The molecule has 0 spiro atoms. The fourth-order valence-corrected chi connectivity index (χ4v) is 6.12. The van der Waals surface area contributed by atoms with E-state index in [1.165, 1.54) is 43.9 Å². The van der Waals surface area contributed by atoms with Crippen LogP contribution in [-0.2, 0) is 0 Å². The standard InChI is InChI=1S/C24H25FO3/c1-24(14-16-12-20(24)19-9-5-8-18(16)19)28-22-13-15(10-11-21(22)25)23(26)27-17-6-3-2-4-7-17/h2-4,6-7,10-11,13,16,18-20H,5,8-9,12,14H2,1H3. The van der Waals surface area contributed by atoms with Crippen molar-refractivity contribution >= 4 is 5.97 Å². The first-order valence-corrected chi connectivity index (χ1v) is 10.3. The number of hydrogen-bond donors (Lipinski definition) is 0. The van der Waals surface area contributed by atoms with Gasteiger partial charge in [-0.2, -0.15) is 0 Å². The molecule has 146 valence electrons. The van der Waals surface area contributed by atoms with Crippen molar-refractivity contribution in [3.63, 3.8) is 0 Å². The Morgan fingerprint density at radius 1 is 1.11 bits per heavy atom. The molecule has 0 saturated heterocycles. The van der Waals surface area contributed by atoms with Crippen molar-refractivity contribution < 1.29 is 18.7 Å². The average Bonchev–Trinajstić information content (AvgIpc) is 3.36. The van der Waals surface area contributed by atoms with Gasteiger partial charge < -0.3 is 9.47 Å². The predicted octanol–water partition coefficient (Wildman–Crippen LogP) is 5.64. The number of esters is 1. The van der Waals surface area contributed by atoms with Crippen LogP contribution in [-0.4, -0.2) is 11.6 Å². The highest BCUT2D eigenvalue weighted by atomic mass is 19.1. The lowest BCUT2D eigenvalue weighted by Crippen LogP contribution is -2.43. The van der Waals surface area contributed by atoms with Crippen molar-refractivity contribution in [1.29, 1.82) is 0 Å². The second-order valence-electron chi connectivity index (χ2n) is 8.83. The number of ether oxygens (including phenoxy) is 2. The molecule has 5 atom stereocenters. The van der Waals surface area contributed by atoms with Crippen LogP contribution in [0, 0.1) is 29.5 Å². The third-order valence-corrected chi connectivity index (χ3v) is 7.22. The molecule has 28 heavy (non-hydrogen) atoms. The van der Waals surface area contributed by atoms with Crippen molar-refractivity contribution in [2.24, 2.45) is 23.7 Å². The Bertz CT molecular complexity index is 896. The Hall–Kier alpha value is -2.36. The van der Waals surface area contributed by atoms with Gasteiger partial charge in [0.15, 0.2) is 11.6 Å². The van der Waals surface area contributed by atoms with Crippen LogP contribution in [0.15, 0.2) is 48.5 Å². The monoisotopic (exact) mass is 380 g/mol. The molecule has 2 bridgehead atoms. The van der Waals surface area contributed by atoms with Crippen molar-refractivity contribution in [3.05, 3.63) is 59.9 Å². The van der Waals surface area contributed by atoms with E-state index in [4.69, 9.17) is 9.47 Å². The van der Waals surface area contributed by atoms with Crippen LogP contribution in [0.2, 0.25) is 0 Å². The van der Waals surface area contributed by atoms with Crippen LogP contribution in [0.5, 0.6) is 11.5 Å². The molecule has 3 fully saturated rings. The lowest BCUT2D eigenvalue weighted by Gasteiger charge is -2.40. The number of carbonyl (C=O) groups is 1. The van der Waals surface area contributed by atoms with E-state index in [9.17, 15) is 9.18 Å². The first-order chi connectivity index (χ1) is 13.5. The summed E-state index contributed by atoms with van der Waals surface area (Å²) in [4.78, 5) is 12.5.